The summed E-state index contributed by atoms with van der Waals surface area (Å²) < 4.78 is 1.89. The first kappa shape index (κ1) is 10.8. The Bertz CT molecular complexity index is 434. The Kier molecular flexibility index (Phi) is 3.20. The molecule has 0 aliphatic heterocycles. The molecule has 2 heterocycles. The van der Waals surface area contributed by atoms with Gasteiger partial charge in [-0.3, -0.25) is 4.98 Å². The van der Waals surface area contributed by atoms with E-state index in [2.05, 4.69) is 16.3 Å². The van der Waals surface area contributed by atoms with Crippen LogP contribution < -0.4 is 0 Å². The molecule has 3 nitrogen and oxygen atoms in total. The Hall–Kier alpha value is -0.276. The summed E-state index contributed by atoms with van der Waals surface area (Å²) in [6.45, 7) is 3.95. The molecule has 0 saturated heterocycles. The van der Waals surface area contributed by atoms with Gasteiger partial charge in [-0.1, -0.05) is 11.6 Å². The number of aromatic nitrogens is 3. The number of nitrogens with zero attached hydrogens (tertiary/aromatic N) is 3. The van der Waals surface area contributed by atoms with Crippen molar-refractivity contribution in [1.29, 1.82) is 0 Å². The molecule has 2 aromatic rings. The molecule has 2 aromatic heterocycles. The van der Waals surface area contributed by atoms with E-state index >= 15 is 0 Å². The maximum absolute atomic E-state index is 4.32. The summed E-state index contributed by atoms with van der Waals surface area (Å²) in [6.07, 6.45) is 2.87. The molecule has 0 N–H and O–H groups in total. The van der Waals surface area contributed by atoms with Crippen LogP contribution in [0.3, 0.4) is 0 Å². The summed E-state index contributed by atoms with van der Waals surface area (Å²) in [5.41, 5.74) is 4.04. The van der Waals surface area contributed by atoms with Crippen LogP contribution in [0.25, 0.3) is 11.0 Å². The fourth-order valence-corrected chi connectivity index (χ4v) is 1.37. The molecule has 0 spiro atoms. The Balaban J connectivity index is 0.000000845. The van der Waals surface area contributed by atoms with Gasteiger partial charge in [0.1, 0.15) is 0 Å². The third kappa shape index (κ3) is 1.81. The molecule has 0 saturated carbocycles. The predicted octanol–water partition coefficient (Wildman–Crippen LogP) is 1.38. The molecular weight excluding hydrogens is 239 g/mol. The summed E-state index contributed by atoms with van der Waals surface area (Å²) in [5.74, 6) is 0. The number of fused-ring (bicyclic) bond motifs is 1. The van der Waals surface area contributed by atoms with Crippen LogP contribution >= 0.6 is 0 Å². The zero-order valence-corrected chi connectivity index (χ0v) is 10.8. The maximum atomic E-state index is 4.32. The first-order chi connectivity index (χ1) is 5.68. The van der Waals surface area contributed by atoms with Gasteiger partial charge < -0.3 is 9.55 Å². The minimum Gasteiger partial charge on any atom is -0.450 e. The number of hydrogen-bond acceptors (Lipinski definition) is 2. The normalized spacial score (nSPS) is 10.1. The molecule has 0 aliphatic rings. The van der Waals surface area contributed by atoms with Crippen molar-refractivity contribution in [2.24, 2.45) is 7.05 Å². The van der Waals surface area contributed by atoms with E-state index in [9.17, 15) is 0 Å². The average Bonchev–Trinajstić information content (AvgIpc) is 2.33. The van der Waals surface area contributed by atoms with Gasteiger partial charge in [-0.05, 0) is 32.1 Å². The zero-order valence-electron chi connectivity index (χ0n) is 8.00. The van der Waals surface area contributed by atoms with Crippen LogP contribution in [-0.4, -0.2) is 14.5 Å². The number of pyridine rings is 1. The number of aryl methyl sites for hydroxylation is 3. The molecule has 1 radical (unpaired) electrons. The van der Waals surface area contributed by atoms with E-state index in [0.717, 1.165) is 22.4 Å². The summed E-state index contributed by atoms with van der Waals surface area (Å²) in [4.78, 5) is 8.45. The third-order valence-electron chi connectivity index (χ3n) is 1.95. The molecule has 0 fully saturated rings. The summed E-state index contributed by atoms with van der Waals surface area (Å²) >= 11 is 0. The minimum atomic E-state index is 0. The molecule has 65 valence electrons. The average molecular weight is 249 g/mol. The SMILES string of the molecule is Cc1cc2c(n[c-]n2C)c(C)n1.[Y]. The Morgan fingerprint density at radius 2 is 2.08 bits per heavy atom. The number of rotatable bonds is 0. The van der Waals surface area contributed by atoms with E-state index in [4.69, 9.17) is 0 Å². The summed E-state index contributed by atoms with van der Waals surface area (Å²) in [5, 5.41) is 0. The van der Waals surface area contributed by atoms with Crippen LogP contribution in [0.1, 0.15) is 11.4 Å². The Morgan fingerprint density at radius 1 is 1.38 bits per heavy atom. The second-order valence-corrected chi connectivity index (χ2v) is 2.99. The van der Waals surface area contributed by atoms with Gasteiger partial charge in [-0.15, -0.1) is 0 Å². The van der Waals surface area contributed by atoms with E-state index in [0.29, 0.717) is 0 Å². The van der Waals surface area contributed by atoms with Crippen LogP contribution in [0.5, 0.6) is 0 Å². The largest absolute Gasteiger partial charge is 0.450 e. The molecule has 0 amide bonds. The number of hydrogen-bond donors (Lipinski definition) is 0. The maximum Gasteiger partial charge on any atom is 0.0253 e. The van der Waals surface area contributed by atoms with Crippen LogP contribution in [0.15, 0.2) is 6.07 Å². The Morgan fingerprint density at radius 3 is 2.77 bits per heavy atom. The van der Waals surface area contributed by atoms with Crippen molar-refractivity contribution in [3.8, 4) is 0 Å². The zero-order chi connectivity index (χ0) is 8.72. The Labute approximate surface area is 102 Å². The van der Waals surface area contributed by atoms with Crippen molar-refractivity contribution in [2.75, 3.05) is 0 Å². The van der Waals surface area contributed by atoms with Gasteiger partial charge in [0.15, 0.2) is 0 Å². The quantitative estimate of drug-likeness (QED) is 0.660. The molecule has 0 unspecified atom stereocenters. The van der Waals surface area contributed by atoms with Crippen LogP contribution in [0.2, 0.25) is 0 Å². The molecule has 4 heteroatoms. The van der Waals surface area contributed by atoms with Crippen molar-refractivity contribution < 1.29 is 32.7 Å². The van der Waals surface area contributed by atoms with Crippen LogP contribution in [0, 0.1) is 20.2 Å². The van der Waals surface area contributed by atoms with Crippen molar-refractivity contribution in [2.45, 2.75) is 13.8 Å². The first-order valence-electron chi connectivity index (χ1n) is 3.87. The van der Waals surface area contributed by atoms with E-state index in [1.807, 2.05) is 31.5 Å². The van der Waals surface area contributed by atoms with Gasteiger partial charge in [-0.25, -0.2) is 0 Å². The molecule has 0 aromatic carbocycles. The molecule has 0 bridgehead atoms. The van der Waals surface area contributed by atoms with Gasteiger partial charge in [0.25, 0.3) is 0 Å². The molecule has 2 rings (SSSR count). The summed E-state index contributed by atoms with van der Waals surface area (Å²) in [7, 11) is 1.94. The second kappa shape index (κ2) is 3.85. The van der Waals surface area contributed by atoms with Gasteiger partial charge in [0.2, 0.25) is 0 Å². The molecule has 0 atom stereocenters. The van der Waals surface area contributed by atoms with Crippen LogP contribution in [0.4, 0.5) is 0 Å². The molecular formula is C9H10N3Y-. The second-order valence-electron chi connectivity index (χ2n) is 2.99. The van der Waals surface area contributed by atoms with Gasteiger partial charge in [0.05, 0.1) is 0 Å². The number of imidazole rings is 1. The van der Waals surface area contributed by atoms with E-state index < -0.39 is 0 Å². The van der Waals surface area contributed by atoms with E-state index in [-0.39, 0.29) is 32.7 Å². The van der Waals surface area contributed by atoms with E-state index in [1.54, 1.807) is 0 Å². The topological polar surface area (TPSA) is 30.7 Å². The standard InChI is InChI=1S/C9H10N3.Y/c1-6-4-8-9(7(2)11-6)10-5-12(8)3;/h4H,1-3H3;/q-1;. The smallest absolute Gasteiger partial charge is 0.0253 e. The van der Waals surface area contributed by atoms with E-state index in [1.165, 1.54) is 0 Å². The van der Waals surface area contributed by atoms with Gasteiger partial charge in [0, 0.05) is 44.7 Å². The predicted molar refractivity (Wildman–Crippen MR) is 46.8 cm³/mol. The van der Waals surface area contributed by atoms with Crippen molar-refractivity contribution in [3.63, 3.8) is 0 Å². The monoisotopic (exact) mass is 249 g/mol. The van der Waals surface area contributed by atoms with Gasteiger partial charge >= 0.3 is 0 Å². The molecule has 0 aliphatic carbocycles. The van der Waals surface area contributed by atoms with Crippen molar-refractivity contribution >= 4 is 11.0 Å². The molecule has 13 heavy (non-hydrogen) atoms. The fourth-order valence-electron chi connectivity index (χ4n) is 1.37. The fraction of sp³-hybridized carbons (Fsp3) is 0.333. The minimum absolute atomic E-state index is 0. The third-order valence-corrected chi connectivity index (χ3v) is 1.95. The van der Waals surface area contributed by atoms with Gasteiger partial charge in [-0.2, -0.15) is 0 Å². The van der Waals surface area contributed by atoms with Crippen molar-refractivity contribution in [3.05, 3.63) is 23.8 Å². The summed E-state index contributed by atoms with van der Waals surface area (Å²) in [6, 6.07) is 2.02. The first-order valence-corrected chi connectivity index (χ1v) is 3.87. The van der Waals surface area contributed by atoms with Crippen molar-refractivity contribution in [1.82, 2.24) is 14.5 Å². The van der Waals surface area contributed by atoms with Crippen LogP contribution in [-0.2, 0) is 39.8 Å².